The fourth-order valence-electron chi connectivity index (χ4n) is 2.93. The van der Waals surface area contributed by atoms with Crippen LogP contribution in [0.4, 0.5) is 13.2 Å². The molecule has 1 aromatic heterocycles. The van der Waals surface area contributed by atoms with Crippen molar-refractivity contribution in [3.8, 4) is 11.5 Å². The molecule has 0 atom stereocenters. The van der Waals surface area contributed by atoms with Crippen molar-refractivity contribution in [2.24, 2.45) is 5.73 Å². The zero-order valence-corrected chi connectivity index (χ0v) is 14.4. The van der Waals surface area contributed by atoms with Gasteiger partial charge in [0.15, 0.2) is 0 Å². The van der Waals surface area contributed by atoms with Crippen LogP contribution in [0.1, 0.15) is 11.1 Å². The van der Waals surface area contributed by atoms with Crippen LogP contribution in [-0.2, 0) is 17.8 Å². The van der Waals surface area contributed by atoms with Crippen molar-refractivity contribution in [3.63, 3.8) is 0 Å². The first-order chi connectivity index (χ1) is 12.7. The molecule has 1 amide bonds. The van der Waals surface area contributed by atoms with Crippen molar-refractivity contribution in [1.29, 1.82) is 0 Å². The SMILES string of the molecule is COc1ccc2c(CC(N)=O)cn(Cc3ccc(OC(F)(F)F)cc3)c2c1. The van der Waals surface area contributed by atoms with Crippen LogP contribution in [0.25, 0.3) is 10.9 Å². The largest absolute Gasteiger partial charge is 0.573 e. The Hall–Kier alpha value is -3.16. The van der Waals surface area contributed by atoms with Gasteiger partial charge in [-0.25, -0.2) is 0 Å². The number of amides is 1. The van der Waals surface area contributed by atoms with Crippen LogP contribution in [0.5, 0.6) is 11.5 Å². The van der Waals surface area contributed by atoms with Crippen LogP contribution in [0.2, 0.25) is 0 Å². The number of halogens is 3. The number of alkyl halides is 3. The summed E-state index contributed by atoms with van der Waals surface area (Å²) in [5.74, 6) is -0.0698. The molecule has 0 fully saturated rings. The predicted molar refractivity (Wildman–Crippen MR) is 93.6 cm³/mol. The van der Waals surface area contributed by atoms with Crippen LogP contribution < -0.4 is 15.2 Å². The van der Waals surface area contributed by atoms with Gasteiger partial charge in [0, 0.05) is 24.2 Å². The van der Waals surface area contributed by atoms with E-state index in [9.17, 15) is 18.0 Å². The quantitative estimate of drug-likeness (QED) is 0.712. The molecule has 0 unspecified atom stereocenters. The minimum absolute atomic E-state index is 0.0915. The number of nitrogens with zero attached hydrogens (tertiary/aromatic N) is 1. The molecule has 5 nitrogen and oxygen atoms in total. The number of benzene rings is 2. The lowest BCUT2D eigenvalue weighted by Crippen LogP contribution is -2.17. The fourth-order valence-corrected chi connectivity index (χ4v) is 2.93. The highest BCUT2D eigenvalue weighted by molar-refractivity contribution is 5.89. The van der Waals surface area contributed by atoms with Crippen molar-refractivity contribution in [1.82, 2.24) is 4.57 Å². The summed E-state index contributed by atoms with van der Waals surface area (Å²) < 4.78 is 47.8. The van der Waals surface area contributed by atoms with Crippen LogP contribution >= 0.6 is 0 Å². The average molecular weight is 378 g/mol. The van der Waals surface area contributed by atoms with E-state index >= 15 is 0 Å². The van der Waals surface area contributed by atoms with Crippen LogP contribution in [-0.4, -0.2) is 23.9 Å². The van der Waals surface area contributed by atoms with E-state index in [0.29, 0.717) is 12.3 Å². The number of rotatable bonds is 6. The van der Waals surface area contributed by atoms with Gasteiger partial charge in [0.25, 0.3) is 0 Å². The second kappa shape index (κ2) is 7.22. The summed E-state index contributed by atoms with van der Waals surface area (Å²) in [5, 5.41) is 0.867. The number of carbonyl (C=O) groups is 1. The monoisotopic (exact) mass is 378 g/mol. The lowest BCUT2D eigenvalue weighted by Gasteiger charge is -2.10. The number of nitrogens with two attached hydrogens (primary N) is 1. The van der Waals surface area contributed by atoms with Crippen LogP contribution in [0, 0.1) is 0 Å². The Labute approximate surface area is 153 Å². The molecule has 27 heavy (non-hydrogen) atoms. The van der Waals surface area contributed by atoms with E-state index in [-0.39, 0.29) is 12.2 Å². The third kappa shape index (κ3) is 4.52. The molecule has 0 aliphatic carbocycles. The Morgan fingerprint density at radius 1 is 1.11 bits per heavy atom. The third-order valence-corrected chi connectivity index (χ3v) is 4.05. The van der Waals surface area contributed by atoms with E-state index in [1.54, 1.807) is 25.3 Å². The molecule has 142 valence electrons. The molecule has 0 radical (unpaired) electrons. The van der Waals surface area contributed by atoms with E-state index in [1.807, 2.05) is 22.9 Å². The number of ether oxygens (including phenoxy) is 2. The molecule has 3 aromatic rings. The van der Waals surface area contributed by atoms with Gasteiger partial charge >= 0.3 is 6.36 Å². The summed E-state index contributed by atoms with van der Waals surface area (Å²) >= 11 is 0. The van der Waals surface area contributed by atoms with E-state index < -0.39 is 12.3 Å². The molecule has 0 bridgehead atoms. The van der Waals surface area contributed by atoms with Crippen molar-refractivity contribution < 1.29 is 27.4 Å². The Kier molecular flexibility index (Phi) is 4.98. The van der Waals surface area contributed by atoms with Gasteiger partial charge in [0.1, 0.15) is 11.5 Å². The molecule has 0 aliphatic heterocycles. The van der Waals surface area contributed by atoms with Gasteiger partial charge in [0.2, 0.25) is 5.91 Å². The van der Waals surface area contributed by atoms with E-state index in [4.69, 9.17) is 10.5 Å². The first-order valence-corrected chi connectivity index (χ1v) is 8.04. The molecule has 1 heterocycles. The molecule has 2 aromatic carbocycles. The Morgan fingerprint density at radius 2 is 1.78 bits per heavy atom. The molecule has 0 spiro atoms. The number of aromatic nitrogens is 1. The second-order valence-electron chi connectivity index (χ2n) is 6.00. The topological polar surface area (TPSA) is 66.5 Å². The first-order valence-electron chi connectivity index (χ1n) is 8.04. The second-order valence-corrected chi connectivity index (χ2v) is 6.00. The summed E-state index contributed by atoms with van der Waals surface area (Å²) in [6, 6.07) is 11.1. The summed E-state index contributed by atoms with van der Waals surface area (Å²) in [5.41, 5.74) is 7.70. The van der Waals surface area contributed by atoms with Crippen molar-refractivity contribution in [2.75, 3.05) is 7.11 Å². The number of carbonyl (C=O) groups excluding carboxylic acids is 1. The Bertz CT molecular complexity index is 963. The number of fused-ring (bicyclic) bond motifs is 1. The number of methoxy groups -OCH3 is 1. The highest BCUT2D eigenvalue weighted by Crippen LogP contribution is 2.28. The van der Waals surface area contributed by atoms with Crippen molar-refractivity contribution in [3.05, 3.63) is 59.8 Å². The maximum Gasteiger partial charge on any atom is 0.573 e. The van der Waals surface area contributed by atoms with Gasteiger partial charge in [-0.3, -0.25) is 4.79 Å². The van der Waals surface area contributed by atoms with E-state index in [0.717, 1.165) is 22.0 Å². The van der Waals surface area contributed by atoms with E-state index in [1.165, 1.54) is 12.1 Å². The summed E-state index contributed by atoms with van der Waals surface area (Å²) in [7, 11) is 1.55. The van der Waals surface area contributed by atoms with Crippen LogP contribution in [0.3, 0.4) is 0 Å². The third-order valence-electron chi connectivity index (χ3n) is 4.05. The highest BCUT2D eigenvalue weighted by Gasteiger charge is 2.30. The Balaban J connectivity index is 1.92. The zero-order valence-electron chi connectivity index (χ0n) is 14.4. The van der Waals surface area contributed by atoms with Gasteiger partial charge in [-0.15, -0.1) is 13.2 Å². The lowest BCUT2D eigenvalue weighted by molar-refractivity contribution is -0.274. The zero-order chi connectivity index (χ0) is 19.6. The molecule has 2 N–H and O–H groups in total. The summed E-state index contributed by atoms with van der Waals surface area (Å²) in [4.78, 5) is 11.3. The standard InChI is InChI=1S/C19H17F3N2O3/c1-26-15-6-7-16-13(8-18(23)25)11-24(17(16)9-15)10-12-2-4-14(5-3-12)27-19(20,21)22/h2-7,9,11H,8,10H2,1H3,(H2,23,25). The van der Waals surface area contributed by atoms with Crippen LogP contribution in [0.15, 0.2) is 48.7 Å². The first kappa shape index (κ1) is 18.6. The molecule has 0 saturated heterocycles. The van der Waals surface area contributed by atoms with Gasteiger partial charge < -0.3 is 19.8 Å². The molecule has 8 heteroatoms. The van der Waals surface area contributed by atoms with Gasteiger partial charge in [-0.2, -0.15) is 0 Å². The van der Waals surface area contributed by atoms with Gasteiger partial charge in [0.05, 0.1) is 19.0 Å². The lowest BCUT2D eigenvalue weighted by atomic mass is 10.1. The molecular weight excluding hydrogens is 361 g/mol. The fraction of sp³-hybridized carbons (Fsp3) is 0.211. The minimum Gasteiger partial charge on any atom is -0.497 e. The molecule has 3 rings (SSSR count). The van der Waals surface area contributed by atoms with E-state index in [2.05, 4.69) is 4.74 Å². The maximum atomic E-state index is 12.3. The Morgan fingerprint density at radius 3 is 2.37 bits per heavy atom. The average Bonchev–Trinajstić information content (AvgIpc) is 2.91. The summed E-state index contributed by atoms with van der Waals surface area (Å²) in [6.07, 6.45) is -2.82. The summed E-state index contributed by atoms with van der Waals surface area (Å²) in [6.45, 7) is 0.398. The van der Waals surface area contributed by atoms with Gasteiger partial charge in [-0.1, -0.05) is 12.1 Å². The molecule has 0 aliphatic rings. The number of hydrogen-bond acceptors (Lipinski definition) is 3. The smallest absolute Gasteiger partial charge is 0.497 e. The number of hydrogen-bond donors (Lipinski definition) is 1. The normalized spacial score (nSPS) is 11.6. The number of primary amides is 1. The molecule has 0 saturated carbocycles. The maximum absolute atomic E-state index is 12.3. The van der Waals surface area contributed by atoms with Crippen molar-refractivity contribution in [2.45, 2.75) is 19.3 Å². The predicted octanol–water partition coefficient (Wildman–Crippen LogP) is 3.62. The van der Waals surface area contributed by atoms with Gasteiger partial charge in [-0.05, 0) is 35.4 Å². The molecular formula is C19H17F3N2O3. The van der Waals surface area contributed by atoms with Crippen molar-refractivity contribution >= 4 is 16.8 Å². The minimum atomic E-state index is -4.72. The highest BCUT2D eigenvalue weighted by atomic mass is 19.4.